The van der Waals surface area contributed by atoms with Crippen LogP contribution in [0.3, 0.4) is 0 Å². The monoisotopic (exact) mass is 337 g/mol. The molecule has 1 unspecified atom stereocenters. The molecule has 3 aromatic rings. The first-order chi connectivity index (χ1) is 12.2. The smallest absolute Gasteiger partial charge is 0.319 e. The van der Waals surface area contributed by atoms with Gasteiger partial charge < -0.3 is 15.5 Å². The topological polar surface area (TPSA) is 98.8 Å². The SMILES string of the molecule is Cc1[nH]nc2ncc(NC(=O)NC3CCN(c4ccccn4)C3)cc12. The molecule has 0 spiro atoms. The molecule has 1 fully saturated rings. The summed E-state index contributed by atoms with van der Waals surface area (Å²) in [6.45, 7) is 3.55. The van der Waals surface area contributed by atoms with E-state index in [0.29, 0.717) is 11.3 Å². The molecule has 8 nitrogen and oxygen atoms in total. The Morgan fingerprint density at radius 3 is 3.12 bits per heavy atom. The average molecular weight is 337 g/mol. The number of aryl methyl sites for hydroxylation is 1. The van der Waals surface area contributed by atoms with Crippen LogP contribution in [-0.2, 0) is 0 Å². The van der Waals surface area contributed by atoms with Gasteiger partial charge in [0, 0.05) is 36.4 Å². The Kier molecular flexibility index (Phi) is 3.93. The molecule has 3 N–H and O–H groups in total. The standard InChI is InChI=1S/C17H19N7O/c1-11-14-8-13(9-19-16(14)23-22-11)21-17(25)20-12-5-7-24(10-12)15-4-2-3-6-18-15/h2-4,6,8-9,12H,5,7,10H2,1H3,(H,19,22,23)(H2,20,21,25). The third-order valence-electron chi connectivity index (χ3n) is 4.35. The number of aromatic amines is 1. The first-order valence-electron chi connectivity index (χ1n) is 8.23. The second-order valence-electron chi connectivity index (χ2n) is 6.16. The third-order valence-corrected chi connectivity index (χ3v) is 4.35. The molecule has 1 aliphatic rings. The summed E-state index contributed by atoms with van der Waals surface area (Å²) in [7, 11) is 0. The lowest BCUT2D eigenvalue weighted by Crippen LogP contribution is -2.39. The number of carbonyl (C=O) groups excluding carboxylic acids is 1. The molecule has 0 saturated carbocycles. The van der Waals surface area contributed by atoms with Crippen molar-refractivity contribution in [2.24, 2.45) is 0 Å². The van der Waals surface area contributed by atoms with Crippen LogP contribution < -0.4 is 15.5 Å². The van der Waals surface area contributed by atoms with E-state index in [1.54, 1.807) is 12.4 Å². The predicted octanol–water partition coefficient (Wildman–Crippen LogP) is 2.06. The van der Waals surface area contributed by atoms with E-state index in [1.807, 2.05) is 31.2 Å². The molecule has 0 radical (unpaired) electrons. The molecule has 4 heterocycles. The second-order valence-corrected chi connectivity index (χ2v) is 6.16. The summed E-state index contributed by atoms with van der Waals surface area (Å²) in [5.74, 6) is 0.942. The van der Waals surface area contributed by atoms with E-state index < -0.39 is 0 Å². The largest absolute Gasteiger partial charge is 0.354 e. The maximum absolute atomic E-state index is 12.3. The summed E-state index contributed by atoms with van der Waals surface area (Å²) in [5, 5.41) is 13.7. The van der Waals surface area contributed by atoms with Gasteiger partial charge in [-0.25, -0.2) is 14.8 Å². The molecule has 2 amide bonds. The Balaban J connectivity index is 1.36. The van der Waals surface area contributed by atoms with Gasteiger partial charge in [0.15, 0.2) is 5.65 Å². The summed E-state index contributed by atoms with van der Waals surface area (Å²) >= 11 is 0. The summed E-state index contributed by atoms with van der Waals surface area (Å²) in [6.07, 6.45) is 4.28. The van der Waals surface area contributed by atoms with Crippen molar-refractivity contribution in [2.45, 2.75) is 19.4 Å². The Morgan fingerprint density at radius 2 is 2.28 bits per heavy atom. The van der Waals surface area contributed by atoms with Crippen molar-refractivity contribution in [3.8, 4) is 0 Å². The van der Waals surface area contributed by atoms with Crippen LogP contribution in [0.2, 0.25) is 0 Å². The van der Waals surface area contributed by atoms with Gasteiger partial charge in [-0.1, -0.05) is 6.07 Å². The molecule has 1 saturated heterocycles. The van der Waals surface area contributed by atoms with Crippen LogP contribution in [0, 0.1) is 6.92 Å². The van der Waals surface area contributed by atoms with Crippen molar-refractivity contribution < 1.29 is 4.79 Å². The van der Waals surface area contributed by atoms with E-state index in [-0.39, 0.29) is 12.1 Å². The van der Waals surface area contributed by atoms with Crippen molar-refractivity contribution in [3.05, 3.63) is 42.4 Å². The third kappa shape index (κ3) is 3.23. The highest BCUT2D eigenvalue weighted by atomic mass is 16.2. The Hall–Kier alpha value is -3.16. The molecule has 4 rings (SSSR count). The first-order valence-corrected chi connectivity index (χ1v) is 8.23. The number of nitrogens with one attached hydrogen (secondary N) is 3. The van der Waals surface area contributed by atoms with Crippen LogP contribution >= 0.6 is 0 Å². The molecule has 1 aliphatic heterocycles. The molecule has 0 aliphatic carbocycles. The van der Waals surface area contributed by atoms with E-state index in [0.717, 1.165) is 36.4 Å². The van der Waals surface area contributed by atoms with E-state index in [2.05, 4.69) is 35.7 Å². The van der Waals surface area contributed by atoms with Crippen LogP contribution in [0.25, 0.3) is 11.0 Å². The molecule has 1 atom stereocenters. The van der Waals surface area contributed by atoms with Crippen LogP contribution in [0.5, 0.6) is 0 Å². The normalized spacial score (nSPS) is 17.0. The lowest BCUT2D eigenvalue weighted by molar-refractivity contribution is 0.249. The lowest BCUT2D eigenvalue weighted by Gasteiger charge is -2.17. The van der Waals surface area contributed by atoms with Gasteiger partial charge in [0.1, 0.15) is 5.82 Å². The maximum Gasteiger partial charge on any atom is 0.319 e. The number of pyridine rings is 2. The summed E-state index contributed by atoms with van der Waals surface area (Å²) in [6, 6.07) is 7.59. The van der Waals surface area contributed by atoms with Crippen molar-refractivity contribution >= 4 is 28.6 Å². The molecular formula is C17H19N7O. The molecular weight excluding hydrogens is 318 g/mol. The number of H-pyrrole nitrogens is 1. The maximum atomic E-state index is 12.3. The number of carbonyl (C=O) groups is 1. The number of amides is 2. The number of hydrogen-bond acceptors (Lipinski definition) is 5. The van der Waals surface area contributed by atoms with Crippen LogP contribution in [0.15, 0.2) is 36.7 Å². The van der Waals surface area contributed by atoms with E-state index >= 15 is 0 Å². The first kappa shape index (κ1) is 15.4. The van der Waals surface area contributed by atoms with Crippen molar-refractivity contribution in [2.75, 3.05) is 23.3 Å². The number of nitrogens with zero attached hydrogens (tertiary/aromatic N) is 4. The van der Waals surface area contributed by atoms with Gasteiger partial charge >= 0.3 is 6.03 Å². The number of fused-ring (bicyclic) bond motifs is 1. The number of aromatic nitrogens is 4. The fraction of sp³-hybridized carbons (Fsp3) is 0.294. The summed E-state index contributed by atoms with van der Waals surface area (Å²) < 4.78 is 0. The van der Waals surface area contributed by atoms with E-state index in [4.69, 9.17) is 0 Å². The molecule has 0 aromatic carbocycles. The quantitative estimate of drug-likeness (QED) is 0.679. The zero-order chi connectivity index (χ0) is 17.2. The zero-order valence-corrected chi connectivity index (χ0v) is 13.9. The highest BCUT2D eigenvalue weighted by Gasteiger charge is 2.24. The molecule has 128 valence electrons. The molecule has 0 bridgehead atoms. The van der Waals surface area contributed by atoms with Gasteiger partial charge in [-0.05, 0) is 31.5 Å². The second kappa shape index (κ2) is 6.39. The molecule has 3 aromatic heterocycles. The minimum atomic E-state index is -0.227. The predicted molar refractivity (Wildman–Crippen MR) is 95.6 cm³/mol. The Bertz CT molecular complexity index is 892. The highest BCUT2D eigenvalue weighted by Crippen LogP contribution is 2.19. The van der Waals surface area contributed by atoms with Gasteiger partial charge in [-0.15, -0.1) is 0 Å². The van der Waals surface area contributed by atoms with E-state index in [9.17, 15) is 4.79 Å². The van der Waals surface area contributed by atoms with Gasteiger partial charge in [0.05, 0.1) is 11.9 Å². The van der Waals surface area contributed by atoms with Gasteiger partial charge in [0.2, 0.25) is 0 Å². The summed E-state index contributed by atoms with van der Waals surface area (Å²) in [5.41, 5.74) is 2.22. The summed E-state index contributed by atoms with van der Waals surface area (Å²) in [4.78, 5) is 23.0. The minimum Gasteiger partial charge on any atom is -0.354 e. The average Bonchev–Trinajstić information content (AvgIpc) is 3.23. The number of rotatable bonds is 3. The van der Waals surface area contributed by atoms with E-state index in [1.165, 1.54) is 0 Å². The fourth-order valence-corrected chi connectivity index (χ4v) is 3.07. The van der Waals surface area contributed by atoms with Gasteiger partial charge in [0.25, 0.3) is 0 Å². The number of hydrogen-bond donors (Lipinski definition) is 3. The van der Waals surface area contributed by atoms with Gasteiger partial charge in [-0.2, -0.15) is 5.10 Å². The fourth-order valence-electron chi connectivity index (χ4n) is 3.07. The Morgan fingerprint density at radius 1 is 1.36 bits per heavy atom. The van der Waals surface area contributed by atoms with Crippen LogP contribution in [0.4, 0.5) is 16.3 Å². The minimum absolute atomic E-state index is 0.0920. The molecule has 8 heteroatoms. The molecule has 25 heavy (non-hydrogen) atoms. The van der Waals surface area contributed by atoms with Crippen molar-refractivity contribution in [1.29, 1.82) is 0 Å². The number of urea groups is 1. The van der Waals surface area contributed by atoms with Crippen LogP contribution in [0.1, 0.15) is 12.1 Å². The van der Waals surface area contributed by atoms with Crippen molar-refractivity contribution in [3.63, 3.8) is 0 Å². The number of anilines is 2. The van der Waals surface area contributed by atoms with Crippen LogP contribution in [-0.4, -0.2) is 45.3 Å². The van der Waals surface area contributed by atoms with Gasteiger partial charge in [-0.3, -0.25) is 5.10 Å². The lowest BCUT2D eigenvalue weighted by atomic mass is 10.2. The highest BCUT2D eigenvalue weighted by molar-refractivity contribution is 5.92. The van der Waals surface area contributed by atoms with Crippen molar-refractivity contribution in [1.82, 2.24) is 25.5 Å². The zero-order valence-electron chi connectivity index (χ0n) is 13.9. The Labute approximate surface area is 144 Å².